The van der Waals surface area contributed by atoms with Gasteiger partial charge in [-0.15, -0.1) is 11.3 Å². The normalized spacial score (nSPS) is 11.5. The Balaban J connectivity index is 1.43. The summed E-state index contributed by atoms with van der Waals surface area (Å²) in [6, 6.07) is 6.71. The maximum atomic E-state index is 13.4. The molecule has 4 aromatic rings. The Kier molecular flexibility index (Phi) is 6.76. The molecule has 1 amide bonds. The molecule has 0 aliphatic carbocycles. The predicted octanol–water partition coefficient (Wildman–Crippen LogP) is 4.22. The van der Waals surface area contributed by atoms with Crippen LogP contribution in [0.4, 0.5) is 9.52 Å². The van der Waals surface area contributed by atoms with Crippen LogP contribution in [0.3, 0.4) is 0 Å². The molecule has 0 aliphatic heterocycles. The van der Waals surface area contributed by atoms with Crippen molar-refractivity contribution in [3.63, 3.8) is 0 Å². The van der Waals surface area contributed by atoms with Gasteiger partial charge < -0.3 is 14.2 Å². The molecule has 0 radical (unpaired) electrons. The lowest BCUT2D eigenvalue weighted by Crippen LogP contribution is -2.17. The molecule has 0 saturated heterocycles. The molecule has 0 fully saturated rings. The number of thiazole rings is 1. The van der Waals surface area contributed by atoms with E-state index in [-0.39, 0.29) is 18.6 Å². The summed E-state index contributed by atoms with van der Waals surface area (Å²) in [7, 11) is 0. The van der Waals surface area contributed by atoms with Gasteiger partial charge in [0.1, 0.15) is 18.1 Å². The minimum atomic E-state index is -0.558. The van der Waals surface area contributed by atoms with Crippen LogP contribution >= 0.6 is 11.3 Å². The molecule has 33 heavy (non-hydrogen) atoms. The number of rotatable bonds is 8. The molecule has 4 aromatic heterocycles. The van der Waals surface area contributed by atoms with Crippen molar-refractivity contribution in [2.45, 2.75) is 33.0 Å². The lowest BCUT2D eigenvalue weighted by Gasteiger charge is -2.09. The number of aliphatic hydroxyl groups excluding tert-OH is 1. The summed E-state index contributed by atoms with van der Waals surface area (Å²) in [4.78, 5) is 25.2. The molecule has 0 spiro atoms. The molecular weight excluding hydrogens is 443 g/mol. The number of carbonyl (C=O) groups excluding carboxylic acids is 1. The zero-order valence-corrected chi connectivity index (χ0v) is 19.0. The molecular formula is C23H23FN6O2S. The SMILES string of the molecule is CC(C)n1cc(/C=C/c2csc(NC(=O)c3cccn3Cc3ccnc(F)c3)n2)nc1CO. The van der Waals surface area contributed by atoms with Crippen LogP contribution in [-0.2, 0) is 13.2 Å². The fourth-order valence-corrected chi connectivity index (χ4v) is 4.02. The highest BCUT2D eigenvalue weighted by molar-refractivity contribution is 7.14. The minimum Gasteiger partial charge on any atom is -0.388 e. The first-order valence-electron chi connectivity index (χ1n) is 10.3. The average molecular weight is 467 g/mol. The largest absolute Gasteiger partial charge is 0.388 e. The highest BCUT2D eigenvalue weighted by Gasteiger charge is 2.14. The van der Waals surface area contributed by atoms with Crippen molar-refractivity contribution in [3.05, 3.63) is 82.7 Å². The quantitative estimate of drug-likeness (QED) is 0.379. The Hall–Kier alpha value is -3.63. The lowest BCUT2D eigenvalue weighted by atomic mass is 10.2. The summed E-state index contributed by atoms with van der Waals surface area (Å²) in [5.41, 5.74) is 2.55. The van der Waals surface area contributed by atoms with Gasteiger partial charge in [0.2, 0.25) is 5.95 Å². The molecule has 0 bridgehead atoms. The molecule has 4 rings (SSSR count). The van der Waals surface area contributed by atoms with E-state index in [1.807, 2.05) is 36.1 Å². The van der Waals surface area contributed by atoms with Gasteiger partial charge in [-0.05, 0) is 55.8 Å². The summed E-state index contributed by atoms with van der Waals surface area (Å²) in [5, 5.41) is 14.6. The average Bonchev–Trinajstić information content (AvgIpc) is 3.52. The van der Waals surface area contributed by atoms with Gasteiger partial charge in [0, 0.05) is 36.6 Å². The van der Waals surface area contributed by atoms with E-state index < -0.39 is 5.95 Å². The number of nitrogens with one attached hydrogen (secondary N) is 1. The Morgan fingerprint density at radius 2 is 2.09 bits per heavy atom. The molecule has 8 nitrogen and oxygen atoms in total. The maximum Gasteiger partial charge on any atom is 0.274 e. The number of nitrogens with zero attached hydrogens (tertiary/aromatic N) is 5. The number of pyridine rings is 1. The van der Waals surface area contributed by atoms with E-state index in [1.54, 1.807) is 35.0 Å². The van der Waals surface area contributed by atoms with Crippen LogP contribution in [0.25, 0.3) is 12.2 Å². The van der Waals surface area contributed by atoms with Crippen LogP contribution in [0.1, 0.15) is 53.2 Å². The summed E-state index contributed by atoms with van der Waals surface area (Å²) >= 11 is 1.31. The molecule has 10 heteroatoms. The number of carbonyl (C=O) groups is 1. The molecule has 2 N–H and O–H groups in total. The topological polar surface area (TPSA) is 97.9 Å². The Labute approximate surface area is 194 Å². The number of aliphatic hydroxyl groups is 1. The van der Waals surface area contributed by atoms with Crippen molar-refractivity contribution in [2.75, 3.05) is 5.32 Å². The molecule has 0 unspecified atom stereocenters. The first kappa shape index (κ1) is 22.6. The van der Waals surface area contributed by atoms with Crippen molar-refractivity contribution >= 4 is 34.5 Å². The fraction of sp³-hybridized carbons (Fsp3) is 0.217. The number of amides is 1. The number of aromatic nitrogens is 5. The zero-order valence-electron chi connectivity index (χ0n) is 18.1. The number of hydrogen-bond donors (Lipinski definition) is 2. The number of anilines is 1. The van der Waals surface area contributed by atoms with E-state index in [0.717, 1.165) is 5.69 Å². The highest BCUT2D eigenvalue weighted by atomic mass is 32.1. The van der Waals surface area contributed by atoms with Crippen molar-refractivity contribution < 1.29 is 14.3 Å². The molecule has 4 heterocycles. The van der Waals surface area contributed by atoms with Gasteiger partial charge >= 0.3 is 0 Å². The third-order valence-electron chi connectivity index (χ3n) is 4.90. The second kappa shape index (κ2) is 9.88. The Morgan fingerprint density at radius 3 is 2.82 bits per heavy atom. The molecule has 0 saturated carbocycles. The summed E-state index contributed by atoms with van der Waals surface area (Å²) in [5.74, 6) is -0.256. The van der Waals surface area contributed by atoms with E-state index in [0.29, 0.717) is 34.5 Å². The van der Waals surface area contributed by atoms with Crippen LogP contribution in [-0.4, -0.2) is 35.1 Å². The van der Waals surface area contributed by atoms with E-state index >= 15 is 0 Å². The van der Waals surface area contributed by atoms with Gasteiger partial charge in [0.05, 0.1) is 11.4 Å². The van der Waals surface area contributed by atoms with Crippen molar-refractivity contribution in [2.24, 2.45) is 0 Å². The molecule has 170 valence electrons. The predicted molar refractivity (Wildman–Crippen MR) is 125 cm³/mol. The third kappa shape index (κ3) is 5.41. The van der Waals surface area contributed by atoms with E-state index in [4.69, 9.17) is 0 Å². The van der Waals surface area contributed by atoms with Gasteiger partial charge in [-0.25, -0.2) is 15.0 Å². The Morgan fingerprint density at radius 1 is 1.27 bits per heavy atom. The van der Waals surface area contributed by atoms with Gasteiger partial charge in [0.25, 0.3) is 5.91 Å². The van der Waals surface area contributed by atoms with E-state index in [9.17, 15) is 14.3 Å². The highest BCUT2D eigenvalue weighted by Crippen LogP contribution is 2.20. The minimum absolute atomic E-state index is 0.128. The van der Waals surface area contributed by atoms with Crippen LogP contribution in [0.2, 0.25) is 0 Å². The first-order valence-corrected chi connectivity index (χ1v) is 11.2. The fourth-order valence-electron chi connectivity index (χ4n) is 3.34. The molecule has 0 aliphatic rings. The first-order chi connectivity index (χ1) is 15.9. The standard InChI is InChI=1S/C23H23FN6O2S/c1-15(2)30-12-17(26-21(30)13-31)5-6-18-14-33-23(27-18)28-22(32)19-4-3-9-29(19)11-16-7-8-25-20(24)10-16/h3-10,12,14-15,31H,11,13H2,1-2H3,(H,27,28,32)/b6-5+. The zero-order chi connectivity index (χ0) is 23.4. The Bertz CT molecular complexity index is 1290. The smallest absolute Gasteiger partial charge is 0.274 e. The number of hydrogen-bond acceptors (Lipinski definition) is 6. The van der Waals surface area contributed by atoms with Crippen molar-refractivity contribution in [1.82, 2.24) is 24.1 Å². The van der Waals surface area contributed by atoms with E-state index in [2.05, 4.69) is 20.3 Å². The van der Waals surface area contributed by atoms with E-state index in [1.165, 1.54) is 23.6 Å². The van der Waals surface area contributed by atoms with Crippen LogP contribution in [0, 0.1) is 5.95 Å². The van der Waals surface area contributed by atoms with Crippen molar-refractivity contribution in [3.8, 4) is 0 Å². The van der Waals surface area contributed by atoms with Gasteiger partial charge in [-0.1, -0.05) is 0 Å². The maximum absolute atomic E-state index is 13.4. The van der Waals surface area contributed by atoms with Gasteiger partial charge in [-0.2, -0.15) is 4.39 Å². The third-order valence-corrected chi connectivity index (χ3v) is 5.67. The second-order valence-corrected chi connectivity index (χ2v) is 8.47. The van der Waals surface area contributed by atoms with Crippen molar-refractivity contribution in [1.29, 1.82) is 0 Å². The number of halogens is 1. The summed E-state index contributed by atoms with van der Waals surface area (Å²) in [6.07, 6.45) is 8.67. The lowest BCUT2D eigenvalue weighted by molar-refractivity contribution is 0.101. The van der Waals surface area contributed by atoms with Crippen LogP contribution in [0.15, 0.2) is 48.2 Å². The molecule has 0 atom stereocenters. The van der Waals surface area contributed by atoms with Gasteiger partial charge in [0.15, 0.2) is 5.13 Å². The number of imidazole rings is 1. The second-order valence-electron chi connectivity index (χ2n) is 7.61. The molecule has 0 aromatic carbocycles. The van der Waals surface area contributed by atoms with Crippen LogP contribution in [0.5, 0.6) is 0 Å². The monoisotopic (exact) mass is 466 g/mol. The summed E-state index contributed by atoms with van der Waals surface area (Å²) in [6.45, 7) is 4.27. The summed E-state index contributed by atoms with van der Waals surface area (Å²) < 4.78 is 17.0. The van der Waals surface area contributed by atoms with Gasteiger partial charge in [-0.3, -0.25) is 10.1 Å². The van der Waals surface area contributed by atoms with Crippen LogP contribution < -0.4 is 5.32 Å².